The van der Waals surface area contributed by atoms with E-state index in [1.165, 1.54) is 0 Å². The van der Waals surface area contributed by atoms with Gasteiger partial charge in [-0.1, -0.05) is 15.9 Å². The van der Waals surface area contributed by atoms with Crippen LogP contribution in [0.5, 0.6) is 5.88 Å². The van der Waals surface area contributed by atoms with Crippen LogP contribution in [0, 0.1) is 0 Å². The summed E-state index contributed by atoms with van der Waals surface area (Å²) in [4.78, 5) is 12.0. The zero-order valence-corrected chi connectivity index (χ0v) is 11.2. The second kappa shape index (κ2) is 4.42. The molecular weight excluding hydrogens is 294 g/mol. The molecular formula is C13H10BrN3O. The van der Waals surface area contributed by atoms with Crippen LogP contribution in [0.15, 0.2) is 41.0 Å². The van der Waals surface area contributed by atoms with E-state index in [0.29, 0.717) is 5.88 Å². The minimum Gasteiger partial charge on any atom is -0.480 e. The molecule has 5 heteroatoms. The van der Waals surface area contributed by atoms with Gasteiger partial charge < -0.3 is 9.72 Å². The van der Waals surface area contributed by atoms with Crippen molar-refractivity contribution in [1.82, 2.24) is 15.0 Å². The Kier molecular flexibility index (Phi) is 2.76. The predicted molar refractivity (Wildman–Crippen MR) is 73.6 cm³/mol. The number of halogens is 1. The number of aromatic amines is 1. The Morgan fingerprint density at radius 2 is 2.17 bits per heavy atom. The van der Waals surface area contributed by atoms with Crippen molar-refractivity contribution in [2.24, 2.45) is 0 Å². The minimum atomic E-state index is 0.565. The number of H-pyrrole nitrogens is 1. The number of nitrogens with one attached hydrogen (secondary N) is 1. The van der Waals surface area contributed by atoms with E-state index < -0.39 is 0 Å². The molecule has 0 bridgehead atoms. The smallest absolute Gasteiger partial charge is 0.224 e. The predicted octanol–water partition coefficient (Wildman–Crippen LogP) is 3.40. The van der Waals surface area contributed by atoms with Gasteiger partial charge in [-0.2, -0.15) is 0 Å². The molecule has 1 aromatic carbocycles. The minimum absolute atomic E-state index is 0.565. The highest BCUT2D eigenvalue weighted by molar-refractivity contribution is 9.10. The fraction of sp³-hybridized carbons (Fsp3) is 0.0769. The molecule has 0 radical (unpaired) electrons. The molecule has 0 aliphatic rings. The highest BCUT2D eigenvalue weighted by atomic mass is 79.9. The molecule has 0 aliphatic heterocycles. The fourth-order valence-electron chi connectivity index (χ4n) is 1.84. The van der Waals surface area contributed by atoms with Crippen molar-refractivity contribution in [1.29, 1.82) is 0 Å². The summed E-state index contributed by atoms with van der Waals surface area (Å²) in [5.74, 6) is 1.32. The molecule has 0 saturated heterocycles. The van der Waals surface area contributed by atoms with Crippen molar-refractivity contribution in [2.45, 2.75) is 0 Å². The Morgan fingerprint density at radius 3 is 3.00 bits per heavy atom. The molecule has 90 valence electrons. The van der Waals surface area contributed by atoms with Gasteiger partial charge in [-0.15, -0.1) is 0 Å². The Bertz CT molecular complexity index is 708. The molecule has 0 amide bonds. The lowest BCUT2D eigenvalue weighted by molar-refractivity contribution is 0.399. The van der Waals surface area contributed by atoms with Crippen LogP contribution in [-0.2, 0) is 0 Å². The number of rotatable bonds is 2. The number of benzene rings is 1. The van der Waals surface area contributed by atoms with Crippen LogP contribution in [0.4, 0.5) is 0 Å². The first-order valence-electron chi connectivity index (χ1n) is 5.42. The Hall–Kier alpha value is -1.88. The van der Waals surface area contributed by atoms with Crippen molar-refractivity contribution in [2.75, 3.05) is 7.11 Å². The number of nitrogens with zero attached hydrogens (tertiary/aromatic N) is 2. The molecule has 0 aliphatic carbocycles. The maximum absolute atomic E-state index is 5.24. The lowest BCUT2D eigenvalue weighted by atomic mass is 10.2. The fourth-order valence-corrected chi connectivity index (χ4v) is 2.20. The number of fused-ring (bicyclic) bond motifs is 1. The molecule has 0 unspecified atom stereocenters. The first-order chi connectivity index (χ1) is 8.78. The van der Waals surface area contributed by atoms with Gasteiger partial charge >= 0.3 is 0 Å². The van der Waals surface area contributed by atoms with E-state index in [9.17, 15) is 0 Å². The van der Waals surface area contributed by atoms with E-state index >= 15 is 0 Å². The van der Waals surface area contributed by atoms with Gasteiger partial charge in [0.25, 0.3) is 0 Å². The standard InChI is InChI=1S/C13H10BrN3O/c1-18-13-9(3-2-6-15-13)12-16-10-5-4-8(14)7-11(10)17-12/h2-7H,1H3,(H,16,17). The molecule has 2 aromatic heterocycles. The number of hydrogen-bond donors (Lipinski definition) is 1. The Labute approximate surface area is 112 Å². The van der Waals surface area contributed by atoms with E-state index in [1.54, 1.807) is 13.3 Å². The molecule has 3 aromatic rings. The average Bonchev–Trinajstić information content (AvgIpc) is 2.81. The zero-order valence-electron chi connectivity index (χ0n) is 9.64. The normalized spacial score (nSPS) is 10.8. The van der Waals surface area contributed by atoms with Crippen molar-refractivity contribution in [3.63, 3.8) is 0 Å². The number of ether oxygens (including phenoxy) is 1. The molecule has 1 N–H and O–H groups in total. The lowest BCUT2D eigenvalue weighted by Crippen LogP contribution is -1.91. The van der Waals surface area contributed by atoms with E-state index in [1.807, 2.05) is 30.3 Å². The first-order valence-corrected chi connectivity index (χ1v) is 6.22. The van der Waals surface area contributed by atoms with Gasteiger partial charge in [0.1, 0.15) is 5.82 Å². The van der Waals surface area contributed by atoms with Crippen LogP contribution in [0.2, 0.25) is 0 Å². The van der Waals surface area contributed by atoms with Crippen LogP contribution in [0.25, 0.3) is 22.4 Å². The van der Waals surface area contributed by atoms with E-state index in [-0.39, 0.29) is 0 Å². The monoisotopic (exact) mass is 303 g/mol. The van der Waals surface area contributed by atoms with Crippen LogP contribution in [-0.4, -0.2) is 22.1 Å². The summed E-state index contributed by atoms with van der Waals surface area (Å²) in [6.45, 7) is 0. The molecule has 2 heterocycles. The maximum atomic E-state index is 5.24. The van der Waals surface area contributed by atoms with Crippen molar-refractivity contribution in [3.05, 3.63) is 41.0 Å². The van der Waals surface area contributed by atoms with Crippen molar-refractivity contribution in [3.8, 4) is 17.3 Å². The van der Waals surface area contributed by atoms with Gasteiger partial charge in [-0.25, -0.2) is 9.97 Å². The van der Waals surface area contributed by atoms with Gasteiger partial charge in [0, 0.05) is 10.7 Å². The summed E-state index contributed by atoms with van der Waals surface area (Å²) in [5, 5.41) is 0. The summed E-state index contributed by atoms with van der Waals surface area (Å²) in [7, 11) is 1.60. The zero-order chi connectivity index (χ0) is 12.5. The number of pyridine rings is 1. The third-order valence-electron chi connectivity index (χ3n) is 2.66. The summed E-state index contributed by atoms with van der Waals surface area (Å²) in [6, 6.07) is 9.71. The van der Waals surface area contributed by atoms with Crippen LogP contribution in [0.1, 0.15) is 0 Å². The van der Waals surface area contributed by atoms with Crippen LogP contribution >= 0.6 is 15.9 Å². The molecule has 0 fully saturated rings. The second-order valence-electron chi connectivity index (χ2n) is 3.81. The number of imidazole rings is 1. The van der Waals surface area contributed by atoms with E-state index in [2.05, 4.69) is 30.9 Å². The maximum Gasteiger partial charge on any atom is 0.224 e. The van der Waals surface area contributed by atoms with Gasteiger partial charge in [0.05, 0.1) is 23.7 Å². The van der Waals surface area contributed by atoms with Gasteiger partial charge in [0.2, 0.25) is 5.88 Å². The topological polar surface area (TPSA) is 50.8 Å². The number of methoxy groups -OCH3 is 1. The van der Waals surface area contributed by atoms with Gasteiger partial charge in [-0.05, 0) is 30.3 Å². The summed E-state index contributed by atoms with van der Waals surface area (Å²) in [5.41, 5.74) is 2.75. The van der Waals surface area contributed by atoms with Crippen LogP contribution < -0.4 is 4.74 Å². The molecule has 0 atom stereocenters. The number of aromatic nitrogens is 3. The quantitative estimate of drug-likeness (QED) is 0.789. The Balaban J connectivity index is 2.19. The molecule has 4 nitrogen and oxygen atoms in total. The number of hydrogen-bond acceptors (Lipinski definition) is 3. The SMILES string of the molecule is COc1ncccc1-c1nc2ccc(Br)cc2[nH]1. The van der Waals surface area contributed by atoms with Gasteiger partial charge in [0.15, 0.2) is 0 Å². The largest absolute Gasteiger partial charge is 0.480 e. The summed E-state index contributed by atoms with van der Waals surface area (Å²) < 4.78 is 6.26. The third kappa shape index (κ3) is 1.86. The second-order valence-corrected chi connectivity index (χ2v) is 4.72. The van der Waals surface area contributed by atoms with E-state index in [4.69, 9.17) is 4.74 Å². The van der Waals surface area contributed by atoms with Crippen LogP contribution in [0.3, 0.4) is 0 Å². The van der Waals surface area contributed by atoms with Crippen molar-refractivity contribution >= 4 is 27.0 Å². The summed E-state index contributed by atoms with van der Waals surface area (Å²) >= 11 is 3.44. The molecule has 0 spiro atoms. The highest BCUT2D eigenvalue weighted by Crippen LogP contribution is 2.27. The molecule has 3 rings (SSSR count). The highest BCUT2D eigenvalue weighted by Gasteiger charge is 2.10. The average molecular weight is 304 g/mol. The van der Waals surface area contributed by atoms with Crippen molar-refractivity contribution < 1.29 is 4.74 Å². The Morgan fingerprint density at radius 1 is 1.28 bits per heavy atom. The van der Waals surface area contributed by atoms with Gasteiger partial charge in [-0.3, -0.25) is 0 Å². The first kappa shape index (κ1) is 11.2. The third-order valence-corrected chi connectivity index (χ3v) is 3.16. The summed E-state index contributed by atoms with van der Waals surface area (Å²) in [6.07, 6.45) is 1.70. The van der Waals surface area contributed by atoms with E-state index in [0.717, 1.165) is 26.9 Å². The lowest BCUT2D eigenvalue weighted by Gasteiger charge is -2.03. The molecule has 18 heavy (non-hydrogen) atoms. The molecule has 0 saturated carbocycles.